The number of nitrogens with zero attached hydrogens (tertiary/aromatic N) is 4. The number of hydrogen-bond acceptors (Lipinski definition) is 7. The molecule has 3 aromatic rings. The van der Waals surface area contributed by atoms with Crippen molar-refractivity contribution in [2.45, 2.75) is 31.3 Å². The summed E-state index contributed by atoms with van der Waals surface area (Å²) in [7, 11) is 1.57. The molecule has 2 heterocycles. The van der Waals surface area contributed by atoms with Crippen molar-refractivity contribution in [3.63, 3.8) is 0 Å². The third-order valence-corrected chi connectivity index (χ3v) is 6.58. The lowest BCUT2D eigenvalue weighted by Crippen LogP contribution is -2.37. The lowest BCUT2D eigenvalue weighted by Gasteiger charge is -2.27. The van der Waals surface area contributed by atoms with E-state index in [-0.39, 0.29) is 22.9 Å². The van der Waals surface area contributed by atoms with Gasteiger partial charge in [0.15, 0.2) is 5.16 Å². The number of thioether (sulfide) groups is 1. The molecule has 0 aliphatic carbocycles. The van der Waals surface area contributed by atoms with E-state index in [9.17, 15) is 9.18 Å². The van der Waals surface area contributed by atoms with Crippen LogP contribution in [0.3, 0.4) is 0 Å². The molecule has 1 N–H and O–H groups in total. The molecule has 1 saturated heterocycles. The summed E-state index contributed by atoms with van der Waals surface area (Å²) in [5.74, 6) is 0.722. The van der Waals surface area contributed by atoms with Gasteiger partial charge >= 0.3 is 0 Å². The maximum atomic E-state index is 14.0. The second kappa shape index (κ2) is 10.7. The standard InChI is InChI=1S/C25H30FN5O3S/c1-25(2,3)17-8-9-21(33-4)20(14-17)27-22(32)16-35-24-29-28-23(30-10-12-34-13-11-30)31(24)19-7-5-6-18(26)15-19/h5-9,14-15H,10-13,16H2,1-4H3,(H,27,32). The minimum absolute atomic E-state index is 0.0717. The highest BCUT2D eigenvalue weighted by molar-refractivity contribution is 7.99. The van der Waals surface area contributed by atoms with E-state index in [0.29, 0.717) is 54.5 Å². The van der Waals surface area contributed by atoms with E-state index in [1.54, 1.807) is 23.8 Å². The molecule has 1 amide bonds. The molecule has 0 bridgehead atoms. The highest BCUT2D eigenvalue weighted by atomic mass is 32.2. The van der Waals surface area contributed by atoms with Gasteiger partial charge in [-0.15, -0.1) is 10.2 Å². The highest BCUT2D eigenvalue weighted by Gasteiger charge is 2.23. The van der Waals surface area contributed by atoms with Crippen LogP contribution in [0, 0.1) is 5.82 Å². The van der Waals surface area contributed by atoms with E-state index in [0.717, 1.165) is 5.56 Å². The first-order valence-corrected chi connectivity index (χ1v) is 12.4. The summed E-state index contributed by atoms with van der Waals surface area (Å²) >= 11 is 1.24. The van der Waals surface area contributed by atoms with Crippen LogP contribution in [0.1, 0.15) is 26.3 Å². The van der Waals surface area contributed by atoms with Gasteiger partial charge in [0.1, 0.15) is 11.6 Å². The number of methoxy groups -OCH3 is 1. The summed E-state index contributed by atoms with van der Waals surface area (Å²) in [5, 5.41) is 12.1. The number of benzene rings is 2. The number of aromatic nitrogens is 3. The first-order valence-electron chi connectivity index (χ1n) is 11.4. The van der Waals surface area contributed by atoms with E-state index in [1.807, 2.05) is 23.1 Å². The second-order valence-corrected chi connectivity index (χ2v) is 10.1. The van der Waals surface area contributed by atoms with Crippen LogP contribution >= 0.6 is 11.8 Å². The number of anilines is 2. The van der Waals surface area contributed by atoms with Crippen molar-refractivity contribution in [2.24, 2.45) is 0 Å². The molecule has 186 valence electrons. The lowest BCUT2D eigenvalue weighted by molar-refractivity contribution is -0.113. The van der Waals surface area contributed by atoms with Crippen LogP contribution in [0.2, 0.25) is 0 Å². The molecule has 1 fully saturated rings. The molecule has 8 nitrogen and oxygen atoms in total. The van der Waals surface area contributed by atoms with Crippen molar-refractivity contribution in [3.8, 4) is 11.4 Å². The Hall–Kier alpha value is -3.11. The molecule has 1 aromatic heterocycles. The van der Waals surface area contributed by atoms with Crippen molar-refractivity contribution >= 4 is 29.3 Å². The Morgan fingerprint density at radius 2 is 1.94 bits per heavy atom. The normalized spacial score (nSPS) is 14.1. The Labute approximate surface area is 208 Å². The quantitative estimate of drug-likeness (QED) is 0.486. The number of amides is 1. The van der Waals surface area contributed by atoms with Crippen LogP contribution in [0.5, 0.6) is 5.75 Å². The predicted octanol–water partition coefficient (Wildman–Crippen LogP) is 4.28. The van der Waals surface area contributed by atoms with Gasteiger partial charge in [-0.3, -0.25) is 9.36 Å². The maximum Gasteiger partial charge on any atom is 0.234 e. The number of carbonyl (C=O) groups is 1. The zero-order valence-corrected chi connectivity index (χ0v) is 21.2. The number of morpholine rings is 1. The SMILES string of the molecule is COc1ccc(C(C)(C)C)cc1NC(=O)CSc1nnc(N2CCOCC2)n1-c1cccc(F)c1. The Morgan fingerprint density at radius 1 is 1.17 bits per heavy atom. The third kappa shape index (κ3) is 5.94. The highest BCUT2D eigenvalue weighted by Crippen LogP contribution is 2.32. The maximum absolute atomic E-state index is 14.0. The minimum Gasteiger partial charge on any atom is -0.495 e. The number of nitrogens with one attached hydrogen (secondary N) is 1. The average molecular weight is 500 g/mol. The number of hydrogen-bond donors (Lipinski definition) is 1. The first-order chi connectivity index (χ1) is 16.8. The van der Waals surface area contributed by atoms with Crippen molar-refractivity contribution < 1.29 is 18.7 Å². The van der Waals surface area contributed by atoms with Gasteiger partial charge in [0.25, 0.3) is 0 Å². The molecular formula is C25H30FN5O3S. The molecule has 4 rings (SSSR count). The van der Waals surface area contributed by atoms with Crippen molar-refractivity contribution in [1.29, 1.82) is 0 Å². The Kier molecular flexibility index (Phi) is 7.61. The summed E-state index contributed by atoms with van der Waals surface area (Å²) in [6.07, 6.45) is 0. The van der Waals surface area contributed by atoms with Crippen LogP contribution in [-0.2, 0) is 14.9 Å². The lowest BCUT2D eigenvalue weighted by atomic mass is 9.87. The largest absolute Gasteiger partial charge is 0.495 e. The molecular weight excluding hydrogens is 469 g/mol. The van der Waals surface area contributed by atoms with E-state index in [2.05, 4.69) is 36.3 Å². The summed E-state index contributed by atoms with van der Waals surface area (Å²) in [6.45, 7) is 8.81. The van der Waals surface area contributed by atoms with Crippen LogP contribution < -0.4 is 15.0 Å². The number of ether oxygens (including phenoxy) is 2. The fraction of sp³-hybridized carbons (Fsp3) is 0.400. The first kappa shape index (κ1) is 25.0. The molecule has 2 aromatic carbocycles. The monoisotopic (exact) mass is 499 g/mol. The molecule has 1 aliphatic rings. The summed E-state index contributed by atoms with van der Waals surface area (Å²) < 4.78 is 26.7. The third-order valence-electron chi connectivity index (χ3n) is 5.65. The van der Waals surface area contributed by atoms with Crippen LogP contribution in [0.25, 0.3) is 5.69 Å². The van der Waals surface area contributed by atoms with Crippen molar-refractivity contribution in [2.75, 3.05) is 49.4 Å². The summed E-state index contributed by atoms with van der Waals surface area (Å²) in [4.78, 5) is 14.9. The fourth-order valence-corrected chi connectivity index (χ4v) is 4.50. The molecule has 1 aliphatic heterocycles. The molecule has 0 unspecified atom stereocenters. The Balaban J connectivity index is 1.55. The second-order valence-electron chi connectivity index (χ2n) is 9.20. The van der Waals surface area contributed by atoms with Crippen LogP contribution in [0.4, 0.5) is 16.0 Å². The van der Waals surface area contributed by atoms with Crippen molar-refractivity contribution in [1.82, 2.24) is 14.8 Å². The Morgan fingerprint density at radius 3 is 2.63 bits per heavy atom. The minimum atomic E-state index is -0.358. The summed E-state index contributed by atoms with van der Waals surface area (Å²) in [5.41, 5.74) is 2.23. The number of halogens is 1. The van der Waals surface area contributed by atoms with Crippen LogP contribution in [0.15, 0.2) is 47.6 Å². The van der Waals surface area contributed by atoms with Gasteiger partial charge in [0, 0.05) is 13.1 Å². The molecule has 35 heavy (non-hydrogen) atoms. The van der Waals surface area contributed by atoms with Gasteiger partial charge in [-0.1, -0.05) is 44.7 Å². The molecule has 0 saturated carbocycles. The smallest absolute Gasteiger partial charge is 0.234 e. The topological polar surface area (TPSA) is 81.5 Å². The average Bonchev–Trinajstić information content (AvgIpc) is 3.27. The van der Waals surface area contributed by atoms with Gasteiger partial charge in [-0.2, -0.15) is 0 Å². The predicted molar refractivity (Wildman–Crippen MR) is 135 cm³/mol. The number of carbonyl (C=O) groups excluding carboxylic acids is 1. The van der Waals surface area contributed by atoms with E-state index < -0.39 is 0 Å². The van der Waals surface area contributed by atoms with Crippen molar-refractivity contribution in [3.05, 3.63) is 53.8 Å². The molecule has 0 spiro atoms. The van der Waals surface area contributed by atoms with Gasteiger partial charge < -0.3 is 19.7 Å². The fourth-order valence-electron chi connectivity index (χ4n) is 3.75. The van der Waals surface area contributed by atoms with Gasteiger partial charge in [-0.25, -0.2) is 4.39 Å². The van der Waals surface area contributed by atoms with Gasteiger partial charge in [0.05, 0.1) is 37.5 Å². The molecule has 10 heteroatoms. The van der Waals surface area contributed by atoms with Gasteiger partial charge in [-0.05, 0) is 41.3 Å². The Bertz CT molecular complexity index is 1190. The number of rotatable bonds is 7. The van der Waals surface area contributed by atoms with E-state index in [4.69, 9.17) is 9.47 Å². The molecule has 0 atom stereocenters. The molecule has 0 radical (unpaired) electrons. The van der Waals surface area contributed by atoms with Crippen LogP contribution in [-0.4, -0.2) is 59.8 Å². The zero-order valence-electron chi connectivity index (χ0n) is 20.4. The van der Waals surface area contributed by atoms with Gasteiger partial charge in [0.2, 0.25) is 11.9 Å². The zero-order chi connectivity index (χ0) is 25.0. The van der Waals surface area contributed by atoms with E-state index >= 15 is 0 Å². The van der Waals surface area contributed by atoms with E-state index in [1.165, 1.54) is 23.9 Å². The summed E-state index contributed by atoms with van der Waals surface area (Å²) in [6, 6.07) is 12.1.